The van der Waals surface area contributed by atoms with Gasteiger partial charge in [-0.25, -0.2) is 13.2 Å². The Labute approximate surface area is 93.0 Å². The van der Waals surface area contributed by atoms with Crippen molar-refractivity contribution in [3.8, 4) is 0 Å². The maximum atomic E-state index is 11.4. The normalized spacial score (nSPS) is 18.1. The average molecular weight is 244 g/mol. The number of furan rings is 1. The van der Waals surface area contributed by atoms with E-state index >= 15 is 0 Å². The molecular formula is C10H12O5S. The molecule has 0 saturated carbocycles. The van der Waals surface area contributed by atoms with Crippen molar-refractivity contribution in [2.24, 2.45) is 0 Å². The molecule has 0 unspecified atom stereocenters. The molecule has 0 spiro atoms. The standard InChI is InChI=1S/C10H12O5S/c1-2-7-9(10(11)12)6-3-4-16(13,14)5-8(6)15-7/h2-5H2,1H3,(H,11,12). The molecule has 1 aliphatic rings. The number of carbonyl (C=O) groups is 1. The van der Waals surface area contributed by atoms with Crippen LogP contribution in [0, 0.1) is 0 Å². The van der Waals surface area contributed by atoms with Crippen molar-refractivity contribution in [3.05, 3.63) is 22.6 Å². The van der Waals surface area contributed by atoms with Crippen LogP contribution < -0.4 is 0 Å². The molecule has 1 aromatic rings. The third-order valence-corrected chi connectivity index (χ3v) is 4.24. The lowest BCUT2D eigenvalue weighted by molar-refractivity contribution is 0.0693. The summed E-state index contributed by atoms with van der Waals surface area (Å²) < 4.78 is 28.1. The van der Waals surface area contributed by atoms with Crippen molar-refractivity contribution < 1.29 is 22.7 Å². The minimum atomic E-state index is -3.12. The molecular weight excluding hydrogens is 232 g/mol. The van der Waals surface area contributed by atoms with E-state index in [1.807, 2.05) is 0 Å². The molecule has 0 radical (unpaired) electrons. The largest absolute Gasteiger partial charge is 0.478 e. The number of carboxylic acids is 1. The zero-order valence-electron chi connectivity index (χ0n) is 8.82. The lowest BCUT2D eigenvalue weighted by Crippen LogP contribution is -2.19. The molecule has 5 nitrogen and oxygen atoms in total. The highest BCUT2D eigenvalue weighted by molar-refractivity contribution is 7.90. The second-order valence-electron chi connectivity index (χ2n) is 3.80. The van der Waals surface area contributed by atoms with Crippen molar-refractivity contribution in [1.82, 2.24) is 0 Å². The predicted octanol–water partition coefficient (Wildman–Crippen LogP) is 1.01. The first-order valence-corrected chi connectivity index (χ1v) is 6.84. The quantitative estimate of drug-likeness (QED) is 0.839. The first kappa shape index (κ1) is 11.2. The minimum absolute atomic E-state index is 0.00294. The van der Waals surface area contributed by atoms with Crippen LogP contribution in [0.2, 0.25) is 0 Å². The van der Waals surface area contributed by atoms with Gasteiger partial charge in [0.05, 0.1) is 5.75 Å². The molecule has 88 valence electrons. The van der Waals surface area contributed by atoms with Crippen LogP contribution in [0.5, 0.6) is 0 Å². The highest BCUT2D eigenvalue weighted by Gasteiger charge is 2.31. The summed E-state index contributed by atoms with van der Waals surface area (Å²) in [5.74, 6) is -0.540. The summed E-state index contributed by atoms with van der Waals surface area (Å²) in [7, 11) is -3.12. The van der Waals surface area contributed by atoms with Gasteiger partial charge in [-0.05, 0) is 6.42 Å². The molecule has 2 rings (SSSR count). The number of aromatic carboxylic acids is 1. The molecule has 6 heteroatoms. The predicted molar refractivity (Wildman–Crippen MR) is 56.2 cm³/mol. The number of hydrogen-bond acceptors (Lipinski definition) is 4. The van der Waals surface area contributed by atoms with Gasteiger partial charge in [-0.1, -0.05) is 6.92 Å². The van der Waals surface area contributed by atoms with Crippen LogP contribution >= 0.6 is 0 Å². The van der Waals surface area contributed by atoms with Crippen molar-refractivity contribution >= 4 is 15.8 Å². The topological polar surface area (TPSA) is 84.6 Å². The Balaban J connectivity index is 2.58. The number of fused-ring (bicyclic) bond motifs is 1. The third-order valence-electron chi connectivity index (χ3n) is 2.71. The van der Waals surface area contributed by atoms with Gasteiger partial charge in [0, 0.05) is 12.0 Å². The maximum Gasteiger partial charge on any atom is 0.339 e. The highest BCUT2D eigenvalue weighted by Crippen LogP contribution is 2.29. The van der Waals surface area contributed by atoms with E-state index < -0.39 is 15.8 Å². The van der Waals surface area contributed by atoms with E-state index in [9.17, 15) is 13.2 Å². The Kier molecular flexibility index (Phi) is 2.53. The Morgan fingerprint density at radius 2 is 2.19 bits per heavy atom. The van der Waals surface area contributed by atoms with E-state index in [0.717, 1.165) is 0 Å². The number of carboxylic acid groups (broad SMARTS) is 1. The van der Waals surface area contributed by atoms with Crippen molar-refractivity contribution in [1.29, 1.82) is 0 Å². The van der Waals surface area contributed by atoms with E-state index in [2.05, 4.69) is 0 Å². The third kappa shape index (κ3) is 1.73. The monoisotopic (exact) mass is 244 g/mol. The number of rotatable bonds is 2. The summed E-state index contributed by atoms with van der Waals surface area (Å²) >= 11 is 0. The van der Waals surface area contributed by atoms with E-state index in [1.54, 1.807) is 6.92 Å². The van der Waals surface area contributed by atoms with Gasteiger partial charge in [0.25, 0.3) is 0 Å². The van der Waals surface area contributed by atoms with E-state index in [4.69, 9.17) is 9.52 Å². The van der Waals surface area contributed by atoms with Crippen LogP contribution in [0.3, 0.4) is 0 Å². The summed E-state index contributed by atoms with van der Waals surface area (Å²) in [5, 5.41) is 9.06. The van der Waals surface area contributed by atoms with Crippen molar-refractivity contribution in [2.45, 2.75) is 25.5 Å². The van der Waals surface area contributed by atoms with Gasteiger partial charge in [-0.2, -0.15) is 0 Å². The smallest absolute Gasteiger partial charge is 0.339 e. The van der Waals surface area contributed by atoms with Crippen LogP contribution in [-0.2, 0) is 28.4 Å². The van der Waals surface area contributed by atoms with Gasteiger partial charge < -0.3 is 9.52 Å². The molecule has 16 heavy (non-hydrogen) atoms. The fraction of sp³-hybridized carbons (Fsp3) is 0.500. The van der Waals surface area contributed by atoms with Crippen LogP contribution in [0.25, 0.3) is 0 Å². The van der Waals surface area contributed by atoms with Crippen LogP contribution in [0.4, 0.5) is 0 Å². The van der Waals surface area contributed by atoms with Crippen molar-refractivity contribution in [2.75, 3.05) is 5.75 Å². The lowest BCUT2D eigenvalue weighted by atomic mass is 10.1. The fourth-order valence-electron chi connectivity index (χ4n) is 1.98. The Morgan fingerprint density at radius 3 is 2.75 bits per heavy atom. The molecule has 0 aliphatic carbocycles. The Bertz CT molecular complexity index is 538. The van der Waals surface area contributed by atoms with Gasteiger partial charge >= 0.3 is 5.97 Å². The second kappa shape index (κ2) is 3.62. The first-order valence-electron chi connectivity index (χ1n) is 5.01. The minimum Gasteiger partial charge on any atom is -0.478 e. The average Bonchev–Trinajstić information content (AvgIpc) is 2.53. The van der Waals surface area contributed by atoms with Gasteiger partial charge in [0.15, 0.2) is 9.84 Å². The van der Waals surface area contributed by atoms with Gasteiger partial charge in [0.2, 0.25) is 0 Å². The molecule has 1 aliphatic heterocycles. The van der Waals surface area contributed by atoms with Crippen LogP contribution in [-0.4, -0.2) is 25.2 Å². The van der Waals surface area contributed by atoms with Crippen molar-refractivity contribution in [3.63, 3.8) is 0 Å². The van der Waals surface area contributed by atoms with Gasteiger partial charge in [-0.15, -0.1) is 0 Å². The zero-order valence-corrected chi connectivity index (χ0v) is 9.63. The number of hydrogen-bond donors (Lipinski definition) is 1. The molecule has 0 atom stereocenters. The number of sulfone groups is 1. The molecule has 0 fully saturated rings. The summed E-state index contributed by atoms with van der Waals surface area (Å²) in [6.45, 7) is 1.78. The summed E-state index contributed by atoms with van der Waals surface area (Å²) in [4.78, 5) is 11.1. The van der Waals surface area contributed by atoms with E-state index in [1.165, 1.54) is 0 Å². The number of aryl methyl sites for hydroxylation is 1. The fourth-order valence-corrected chi connectivity index (χ4v) is 3.27. The molecule has 1 aromatic heterocycles. The van der Waals surface area contributed by atoms with E-state index in [-0.39, 0.29) is 23.5 Å². The summed E-state index contributed by atoms with van der Waals surface area (Å²) in [6.07, 6.45) is 0.692. The summed E-state index contributed by atoms with van der Waals surface area (Å²) in [6, 6.07) is 0. The van der Waals surface area contributed by atoms with Crippen LogP contribution in [0.1, 0.15) is 34.4 Å². The first-order chi connectivity index (χ1) is 7.44. The molecule has 0 saturated heterocycles. The molecule has 0 aromatic carbocycles. The SMILES string of the molecule is CCc1oc2c(c1C(=O)O)CCS(=O)(=O)C2. The molecule has 1 N–H and O–H groups in total. The summed E-state index contributed by atoms with van der Waals surface area (Å²) in [5.41, 5.74) is 0.714. The van der Waals surface area contributed by atoms with E-state index in [0.29, 0.717) is 23.5 Å². The molecule has 0 amide bonds. The Morgan fingerprint density at radius 1 is 1.50 bits per heavy atom. The second-order valence-corrected chi connectivity index (χ2v) is 5.99. The van der Waals surface area contributed by atoms with Gasteiger partial charge in [-0.3, -0.25) is 0 Å². The maximum absolute atomic E-state index is 11.4. The Hall–Kier alpha value is -1.30. The van der Waals surface area contributed by atoms with Crippen LogP contribution in [0.15, 0.2) is 4.42 Å². The van der Waals surface area contributed by atoms with Gasteiger partial charge in [0.1, 0.15) is 22.8 Å². The highest BCUT2D eigenvalue weighted by atomic mass is 32.2. The zero-order chi connectivity index (χ0) is 11.9. The molecule has 2 heterocycles. The molecule has 0 bridgehead atoms. The lowest BCUT2D eigenvalue weighted by Gasteiger charge is -2.10.